The van der Waals surface area contributed by atoms with Crippen LogP contribution in [-0.4, -0.2) is 91.5 Å². The number of imidazole rings is 1. The number of nitrogens with one attached hydrogen (secondary N) is 1. The number of rotatable bonds is 13. The molecule has 15 heteroatoms. The fourth-order valence-corrected chi connectivity index (χ4v) is 6.06. The van der Waals surface area contributed by atoms with Crippen LogP contribution in [0.3, 0.4) is 0 Å². The van der Waals surface area contributed by atoms with Crippen LogP contribution in [0.15, 0.2) is 54.2 Å². The number of methoxy groups -OCH3 is 1. The maximum Gasteiger partial charge on any atom is 0.259 e. The van der Waals surface area contributed by atoms with Crippen molar-refractivity contribution in [1.29, 1.82) is 0 Å². The van der Waals surface area contributed by atoms with Gasteiger partial charge in [0.25, 0.3) is 11.8 Å². The number of nitrogens with zero attached hydrogens (tertiary/aromatic N) is 4. The minimum atomic E-state index is -0.803. The molecule has 0 bridgehead atoms. The lowest BCUT2D eigenvalue weighted by atomic mass is 9.95. The second-order valence-corrected chi connectivity index (χ2v) is 12.0. The molecule has 5 rings (SSSR count). The Morgan fingerprint density at radius 1 is 1.02 bits per heavy atom. The van der Waals surface area contributed by atoms with Gasteiger partial charge in [-0.3, -0.25) is 9.59 Å². The Bertz CT molecular complexity index is 1870. The smallest absolute Gasteiger partial charge is 0.259 e. The molecule has 1 fully saturated rings. The largest absolute Gasteiger partial charge is 0.495 e. The van der Waals surface area contributed by atoms with Gasteiger partial charge in [-0.25, -0.2) is 9.78 Å². The minimum Gasteiger partial charge on any atom is -0.495 e. The monoisotopic (exact) mass is 761 g/mol. The third-order valence-corrected chi connectivity index (χ3v) is 8.73. The van der Waals surface area contributed by atoms with Crippen molar-refractivity contribution < 1.29 is 23.9 Å². The number of para-hydroxylation sites is 1. The number of aromatic amines is 1. The molecule has 1 aliphatic rings. The van der Waals surface area contributed by atoms with Crippen molar-refractivity contribution in [2.24, 2.45) is 11.5 Å². The van der Waals surface area contributed by atoms with Crippen LogP contribution in [0.5, 0.6) is 11.5 Å². The summed E-state index contributed by atoms with van der Waals surface area (Å²) in [6.07, 6.45) is 2.11. The molecule has 4 aromatic rings. The molecule has 5 N–H and O–H groups in total. The molecule has 1 aliphatic heterocycles. The zero-order valence-electron chi connectivity index (χ0n) is 29.2. The van der Waals surface area contributed by atoms with E-state index in [9.17, 15) is 14.4 Å². The first-order chi connectivity index (χ1) is 23.2. The quantitative estimate of drug-likeness (QED) is 0.124. The number of benzene rings is 3. The fraction of sp³-hybridized carbons (Fsp3) is 0.361. The van der Waals surface area contributed by atoms with Gasteiger partial charge in [-0.05, 0) is 69.1 Å². The van der Waals surface area contributed by atoms with Gasteiger partial charge in [-0.1, -0.05) is 18.2 Å². The lowest BCUT2D eigenvalue weighted by molar-refractivity contribution is 0.0961. The van der Waals surface area contributed by atoms with E-state index in [0.29, 0.717) is 59.1 Å². The van der Waals surface area contributed by atoms with E-state index in [4.69, 9.17) is 20.9 Å². The van der Waals surface area contributed by atoms with Gasteiger partial charge in [0, 0.05) is 44.4 Å². The molecule has 276 valence electrons. The van der Waals surface area contributed by atoms with Crippen molar-refractivity contribution in [2.45, 2.75) is 32.7 Å². The van der Waals surface area contributed by atoms with Crippen LogP contribution >= 0.6 is 37.2 Å². The van der Waals surface area contributed by atoms with E-state index >= 15 is 0 Å². The summed E-state index contributed by atoms with van der Waals surface area (Å²) in [5.41, 5.74) is 16.7. The average molecular weight is 763 g/mol. The van der Waals surface area contributed by atoms with Crippen LogP contribution < -0.4 is 25.8 Å². The number of aryl methyl sites for hydroxylation is 1. The molecular formula is C36H46Cl3N7O5. The molecule has 0 radical (unpaired) electrons. The second kappa shape index (κ2) is 19.4. The SMILES string of the molecule is COc1c(-c2cccc3[nH]c(CN)nc23)ccc(C(=O)N(C)c2ccc(C)cc2OCCCCC(=C=O)N2CCN(C)CC2)c1C(N)=O.Cl.Cl.Cl. The molecule has 1 aromatic heterocycles. The van der Waals surface area contributed by atoms with Gasteiger partial charge >= 0.3 is 0 Å². The normalized spacial score (nSPS) is 12.5. The Morgan fingerprint density at radius 3 is 2.39 bits per heavy atom. The molecule has 0 unspecified atom stereocenters. The standard InChI is InChI=1S/C36H43N7O5.3ClH/c1-23-11-14-29(30(20-23)48-19-6-5-8-24(22-44)43-17-15-41(2)16-18-43)42(3)36(46)27-13-12-26(34(47-4)32(27)35(38)45)25-9-7-10-28-33(25)40-31(21-37)39-28;;;/h7,9-14,20H,5-6,8,15-19,21,37H2,1-4H3,(H2,38,45)(H,39,40);3*1H. The molecular weight excluding hydrogens is 717 g/mol. The first kappa shape index (κ1) is 42.9. The van der Waals surface area contributed by atoms with Crippen molar-refractivity contribution in [2.75, 3.05) is 58.9 Å². The number of piperazine rings is 1. The van der Waals surface area contributed by atoms with Crippen LogP contribution in [0.4, 0.5) is 5.69 Å². The number of primary amides is 1. The zero-order chi connectivity index (χ0) is 34.4. The Kier molecular flexibility index (Phi) is 16.3. The lowest BCUT2D eigenvalue weighted by Gasteiger charge is -2.34. The van der Waals surface area contributed by atoms with E-state index in [-0.39, 0.29) is 60.6 Å². The number of anilines is 1. The Balaban J connectivity index is 0.00000300. The van der Waals surface area contributed by atoms with Crippen LogP contribution in [0.2, 0.25) is 0 Å². The Morgan fingerprint density at radius 2 is 1.75 bits per heavy atom. The van der Waals surface area contributed by atoms with Gasteiger partial charge in [-0.15, -0.1) is 37.2 Å². The highest BCUT2D eigenvalue weighted by molar-refractivity contribution is 6.15. The summed E-state index contributed by atoms with van der Waals surface area (Å²) >= 11 is 0. The third-order valence-electron chi connectivity index (χ3n) is 8.73. The van der Waals surface area contributed by atoms with E-state index in [1.54, 1.807) is 19.2 Å². The second-order valence-electron chi connectivity index (χ2n) is 12.0. The summed E-state index contributed by atoms with van der Waals surface area (Å²) in [6.45, 7) is 6.07. The number of unbranched alkanes of at least 4 members (excludes halogenated alkanes) is 1. The van der Waals surface area contributed by atoms with E-state index in [0.717, 1.165) is 43.7 Å². The molecule has 2 heterocycles. The van der Waals surface area contributed by atoms with Gasteiger partial charge in [0.1, 0.15) is 23.3 Å². The predicted molar refractivity (Wildman–Crippen MR) is 208 cm³/mol. The number of aromatic nitrogens is 2. The maximum atomic E-state index is 14.1. The van der Waals surface area contributed by atoms with Crippen molar-refractivity contribution in [1.82, 2.24) is 19.8 Å². The van der Waals surface area contributed by atoms with Gasteiger partial charge < -0.3 is 40.6 Å². The van der Waals surface area contributed by atoms with E-state index in [2.05, 4.69) is 32.8 Å². The summed E-state index contributed by atoms with van der Waals surface area (Å²) in [5, 5.41) is 0. The van der Waals surface area contributed by atoms with Gasteiger partial charge in [-0.2, -0.15) is 0 Å². The summed E-state index contributed by atoms with van der Waals surface area (Å²) in [4.78, 5) is 52.2. The average Bonchev–Trinajstić information content (AvgIpc) is 3.53. The number of halogens is 3. The van der Waals surface area contributed by atoms with E-state index in [1.807, 2.05) is 43.3 Å². The molecule has 0 saturated carbocycles. The summed E-state index contributed by atoms with van der Waals surface area (Å²) in [6, 6.07) is 14.5. The minimum absolute atomic E-state index is 0. The lowest BCUT2D eigenvalue weighted by Crippen LogP contribution is -2.44. The highest BCUT2D eigenvalue weighted by atomic mass is 35.5. The molecule has 2 amide bonds. The first-order valence-electron chi connectivity index (χ1n) is 16.0. The number of nitrogens with two attached hydrogens (primary N) is 2. The number of amides is 2. The number of carbonyl (C=O) groups is 2. The summed E-state index contributed by atoms with van der Waals surface area (Å²) in [7, 11) is 5.14. The number of likely N-dealkylation sites (N-methyl/N-ethyl adjacent to an activating group) is 1. The van der Waals surface area contributed by atoms with E-state index < -0.39 is 11.8 Å². The first-order valence-corrected chi connectivity index (χ1v) is 16.0. The number of fused-ring (bicyclic) bond motifs is 1. The molecule has 51 heavy (non-hydrogen) atoms. The van der Waals surface area contributed by atoms with Gasteiger partial charge in [0.05, 0.1) is 53.8 Å². The van der Waals surface area contributed by atoms with Crippen molar-refractivity contribution in [3.63, 3.8) is 0 Å². The number of ether oxygens (including phenoxy) is 2. The van der Waals surface area contributed by atoms with Crippen molar-refractivity contribution in [3.8, 4) is 22.6 Å². The molecule has 3 aromatic carbocycles. The molecule has 0 aliphatic carbocycles. The zero-order valence-corrected chi connectivity index (χ0v) is 31.6. The number of allylic oxidation sites excluding steroid dienone is 1. The highest BCUT2D eigenvalue weighted by Gasteiger charge is 2.28. The van der Waals surface area contributed by atoms with Crippen LogP contribution in [-0.2, 0) is 11.3 Å². The van der Waals surface area contributed by atoms with Gasteiger partial charge in [0.2, 0.25) is 0 Å². The summed E-state index contributed by atoms with van der Waals surface area (Å²) in [5.74, 6) is 2.19. The fourth-order valence-electron chi connectivity index (χ4n) is 6.06. The molecule has 1 saturated heterocycles. The summed E-state index contributed by atoms with van der Waals surface area (Å²) < 4.78 is 11.9. The molecule has 0 spiro atoms. The highest BCUT2D eigenvalue weighted by Crippen LogP contribution is 2.39. The van der Waals surface area contributed by atoms with Crippen molar-refractivity contribution in [3.05, 3.63) is 76.7 Å². The Labute approximate surface area is 316 Å². The topological polar surface area (TPSA) is 160 Å². The van der Waals surface area contributed by atoms with Crippen LogP contribution in [0.25, 0.3) is 22.2 Å². The van der Waals surface area contributed by atoms with Crippen molar-refractivity contribution >= 4 is 71.7 Å². The van der Waals surface area contributed by atoms with Crippen LogP contribution in [0.1, 0.15) is 51.4 Å². The third kappa shape index (κ3) is 9.53. The predicted octanol–water partition coefficient (Wildman–Crippen LogP) is 5.16. The maximum absolute atomic E-state index is 14.1. The Hall–Kier alpha value is -4.29. The van der Waals surface area contributed by atoms with E-state index in [1.165, 1.54) is 12.0 Å². The number of hydrogen-bond acceptors (Lipinski definition) is 9. The molecule has 12 nitrogen and oxygen atoms in total. The number of H-pyrrole nitrogens is 1. The number of hydrogen-bond donors (Lipinski definition) is 3. The number of carbonyl (C=O) groups excluding carboxylic acids is 3. The molecule has 0 atom stereocenters. The van der Waals surface area contributed by atoms with Gasteiger partial charge in [0.15, 0.2) is 0 Å². The van der Waals surface area contributed by atoms with Crippen LogP contribution in [0, 0.1) is 6.92 Å².